The van der Waals surface area contributed by atoms with Crippen molar-refractivity contribution in [2.24, 2.45) is 0 Å². The number of anilines is 1. The summed E-state index contributed by atoms with van der Waals surface area (Å²) in [6.07, 6.45) is 3.59. The summed E-state index contributed by atoms with van der Waals surface area (Å²) in [6, 6.07) is 6.66. The van der Waals surface area contributed by atoms with Crippen molar-refractivity contribution in [3.05, 3.63) is 34.9 Å². The number of hydrogen-bond donors (Lipinski definition) is 0. The highest BCUT2D eigenvalue weighted by Crippen LogP contribution is 2.44. The van der Waals surface area contributed by atoms with E-state index in [2.05, 4.69) is 43.1 Å². The Morgan fingerprint density at radius 3 is 3.07 bits per heavy atom. The molecule has 1 atom stereocenters. The average molecular weight is 185 g/mol. The van der Waals surface area contributed by atoms with Gasteiger partial charge in [0.25, 0.3) is 0 Å². The highest BCUT2D eigenvalue weighted by atomic mass is 15.1. The van der Waals surface area contributed by atoms with Gasteiger partial charge in [-0.3, -0.25) is 0 Å². The molecule has 1 heteroatoms. The minimum atomic E-state index is 0.746. The van der Waals surface area contributed by atoms with Gasteiger partial charge in [0.05, 0.1) is 0 Å². The zero-order valence-corrected chi connectivity index (χ0v) is 8.75. The average Bonchev–Trinajstić information content (AvgIpc) is 2.45. The summed E-state index contributed by atoms with van der Waals surface area (Å²) in [7, 11) is 2.20. The molecule has 0 saturated carbocycles. The van der Waals surface area contributed by atoms with Gasteiger partial charge in [-0.2, -0.15) is 0 Å². The quantitative estimate of drug-likeness (QED) is 0.600. The second-order valence-electron chi connectivity index (χ2n) is 4.55. The molecule has 1 heterocycles. The molecule has 0 spiro atoms. The maximum atomic E-state index is 2.38. The Balaban J connectivity index is 2.26. The third-order valence-electron chi connectivity index (χ3n) is 3.40. The Bertz CT molecular complexity index is 417. The summed E-state index contributed by atoms with van der Waals surface area (Å²) in [4.78, 5) is 2.38. The molecule has 1 aromatic carbocycles. The number of nitrogens with zero attached hydrogens (tertiary/aromatic N) is 1. The van der Waals surface area contributed by atoms with E-state index in [0.717, 1.165) is 5.92 Å². The monoisotopic (exact) mass is 185 g/mol. The zero-order chi connectivity index (χ0) is 9.71. The van der Waals surface area contributed by atoms with Crippen LogP contribution in [0.4, 0.5) is 5.69 Å². The number of rotatable bonds is 0. The predicted octanol–water partition coefficient (Wildman–Crippen LogP) is 3.03. The Labute approximate surface area is 85.0 Å². The second-order valence-corrected chi connectivity index (χ2v) is 4.55. The third kappa shape index (κ3) is 0.955. The van der Waals surface area contributed by atoms with Crippen LogP contribution in [0.15, 0.2) is 23.8 Å². The van der Waals surface area contributed by atoms with Crippen LogP contribution in [0.1, 0.15) is 30.4 Å². The van der Waals surface area contributed by atoms with Crippen LogP contribution in [0.5, 0.6) is 0 Å². The van der Waals surface area contributed by atoms with E-state index < -0.39 is 0 Å². The zero-order valence-electron chi connectivity index (χ0n) is 8.75. The van der Waals surface area contributed by atoms with Crippen molar-refractivity contribution >= 4 is 11.8 Å². The third-order valence-corrected chi connectivity index (χ3v) is 3.40. The number of likely N-dealkylation sites (N-methyl/N-ethyl adjacent to an activating group) is 1. The van der Waals surface area contributed by atoms with Crippen LogP contribution in [-0.2, 0) is 0 Å². The Kier molecular flexibility index (Phi) is 1.52. The van der Waals surface area contributed by atoms with Crippen LogP contribution in [0.3, 0.4) is 0 Å². The molecule has 0 fully saturated rings. The molecule has 0 N–H and O–H groups in total. The van der Waals surface area contributed by atoms with Gasteiger partial charge in [-0.05, 0) is 30.5 Å². The fraction of sp³-hybridized carbons (Fsp3) is 0.385. The van der Waals surface area contributed by atoms with Gasteiger partial charge in [-0.15, -0.1) is 0 Å². The van der Waals surface area contributed by atoms with E-state index in [9.17, 15) is 0 Å². The van der Waals surface area contributed by atoms with E-state index >= 15 is 0 Å². The minimum absolute atomic E-state index is 0.746. The van der Waals surface area contributed by atoms with Crippen molar-refractivity contribution < 1.29 is 0 Å². The van der Waals surface area contributed by atoms with Crippen molar-refractivity contribution in [3.8, 4) is 0 Å². The number of benzene rings is 1. The second kappa shape index (κ2) is 2.63. The van der Waals surface area contributed by atoms with Crippen molar-refractivity contribution in [3.63, 3.8) is 0 Å². The van der Waals surface area contributed by atoms with Crippen molar-refractivity contribution in [1.29, 1.82) is 0 Å². The molecule has 72 valence electrons. The van der Waals surface area contributed by atoms with E-state index in [4.69, 9.17) is 0 Å². The standard InChI is InChI=1S/C13H15N/c1-9-6-10-4-3-5-12-13(10)11(7-9)8-14(12)2/h3-6,11H,7-8H2,1-2H3/t11-/m0/s1. The molecule has 0 amide bonds. The van der Waals surface area contributed by atoms with E-state index in [1.165, 1.54) is 29.8 Å². The maximum absolute atomic E-state index is 2.38. The molecule has 14 heavy (non-hydrogen) atoms. The van der Waals surface area contributed by atoms with Crippen molar-refractivity contribution in [2.45, 2.75) is 19.3 Å². The molecule has 0 aromatic heterocycles. The van der Waals surface area contributed by atoms with E-state index in [1.807, 2.05) is 0 Å². The summed E-state index contributed by atoms with van der Waals surface area (Å²) in [5, 5.41) is 0. The molecule has 0 saturated heterocycles. The molecule has 1 aromatic rings. The van der Waals surface area contributed by atoms with Gasteiger partial charge in [0.15, 0.2) is 0 Å². The molecule has 3 rings (SSSR count). The van der Waals surface area contributed by atoms with Crippen LogP contribution >= 0.6 is 0 Å². The lowest BCUT2D eigenvalue weighted by Gasteiger charge is -2.18. The fourth-order valence-corrected chi connectivity index (χ4v) is 2.87. The van der Waals surface area contributed by atoms with Crippen molar-refractivity contribution in [1.82, 2.24) is 0 Å². The molecule has 0 bridgehead atoms. The van der Waals surface area contributed by atoms with E-state index in [1.54, 1.807) is 5.56 Å². The molecular formula is C13H15N. The van der Waals surface area contributed by atoms with Gasteiger partial charge >= 0.3 is 0 Å². The van der Waals surface area contributed by atoms with E-state index in [-0.39, 0.29) is 0 Å². The Morgan fingerprint density at radius 1 is 1.36 bits per heavy atom. The van der Waals surface area contributed by atoms with Gasteiger partial charge in [-0.25, -0.2) is 0 Å². The highest BCUT2D eigenvalue weighted by Gasteiger charge is 2.30. The van der Waals surface area contributed by atoms with Crippen LogP contribution in [0, 0.1) is 0 Å². The van der Waals surface area contributed by atoms with Gasteiger partial charge < -0.3 is 4.90 Å². The van der Waals surface area contributed by atoms with E-state index in [0.29, 0.717) is 0 Å². The summed E-state index contributed by atoms with van der Waals surface area (Å²) >= 11 is 0. The predicted molar refractivity (Wildman–Crippen MR) is 60.7 cm³/mol. The summed E-state index contributed by atoms with van der Waals surface area (Å²) in [5.41, 5.74) is 5.99. The van der Waals surface area contributed by atoms with Crippen LogP contribution < -0.4 is 4.90 Å². The Morgan fingerprint density at radius 2 is 2.21 bits per heavy atom. The first kappa shape index (κ1) is 8.10. The lowest BCUT2D eigenvalue weighted by Crippen LogP contribution is -2.15. The van der Waals surface area contributed by atoms with Crippen molar-refractivity contribution in [2.75, 3.05) is 18.5 Å². The fourth-order valence-electron chi connectivity index (χ4n) is 2.87. The number of hydrogen-bond acceptors (Lipinski definition) is 1. The minimum Gasteiger partial charge on any atom is -0.374 e. The molecule has 0 radical (unpaired) electrons. The normalized spacial score (nSPS) is 23.4. The molecular weight excluding hydrogens is 170 g/mol. The SMILES string of the molecule is CC1=Cc2cccc3c2[C@@H](C1)CN3C. The first-order valence-corrected chi connectivity index (χ1v) is 5.27. The molecule has 1 aliphatic heterocycles. The first-order chi connectivity index (χ1) is 6.75. The lowest BCUT2D eigenvalue weighted by atomic mass is 9.85. The van der Waals surface area contributed by atoms with Crippen LogP contribution in [-0.4, -0.2) is 13.6 Å². The Hall–Kier alpha value is -1.24. The summed E-state index contributed by atoms with van der Waals surface area (Å²) < 4.78 is 0. The molecule has 1 nitrogen and oxygen atoms in total. The van der Waals surface area contributed by atoms with Gasteiger partial charge in [0, 0.05) is 25.2 Å². The molecule has 0 unspecified atom stereocenters. The van der Waals surface area contributed by atoms with Crippen LogP contribution in [0.25, 0.3) is 6.08 Å². The number of allylic oxidation sites excluding steroid dienone is 1. The van der Waals surface area contributed by atoms with Crippen LogP contribution in [0.2, 0.25) is 0 Å². The molecule has 1 aliphatic carbocycles. The smallest absolute Gasteiger partial charge is 0.0406 e. The largest absolute Gasteiger partial charge is 0.374 e. The lowest BCUT2D eigenvalue weighted by molar-refractivity contribution is 0.705. The summed E-state index contributed by atoms with van der Waals surface area (Å²) in [6.45, 7) is 3.44. The summed E-state index contributed by atoms with van der Waals surface area (Å²) in [5.74, 6) is 0.746. The first-order valence-electron chi connectivity index (χ1n) is 5.27. The topological polar surface area (TPSA) is 3.24 Å². The molecule has 2 aliphatic rings. The highest BCUT2D eigenvalue weighted by molar-refractivity contribution is 5.73. The van der Waals surface area contributed by atoms with Gasteiger partial charge in [-0.1, -0.05) is 23.8 Å². The van der Waals surface area contributed by atoms with Gasteiger partial charge in [0.1, 0.15) is 0 Å². The maximum Gasteiger partial charge on any atom is 0.0406 e. The van der Waals surface area contributed by atoms with Gasteiger partial charge in [0.2, 0.25) is 0 Å².